The predicted molar refractivity (Wildman–Crippen MR) is 47.0 cm³/mol. The number of nitrogens with zero attached hydrogens (tertiary/aromatic N) is 1. The molecule has 1 N–H and O–H groups in total. The molecule has 0 aromatic rings. The molecule has 0 saturated heterocycles. The molecule has 0 fully saturated rings. The highest BCUT2D eigenvalue weighted by Crippen LogP contribution is 2.29. The number of aliphatic imine (C=N–C) groups is 1. The summed E-state index contributed by atoms with van der Waals surface area (Å²) in [6.45, 7) is 6.78. The van der Waals surface area contributed by atoms with Gasteiger partial charge >= 0.3 is 0 Å². The average Bonchev–Trinajstić information content (AvgIpc) is 1.86. The number of allylic oxidation sites excluding steroid dienone is 1. The Bertz CT molecular complexity index is 206. The fraction of sp³-hybridized carbons (Fsp3) is 0.667. The fourth-order valence-corrected chi connectivity index (χ4v) is 1.09. The van der Waals surface area contributed by atoms with Crippen molar-refractivity contribution < 1.29 is 5.11 Å². The molecule has 0 bridgehead atoms. The van der Waals surface area contributed by atoms with Crippen LogP contribution in [0, 0.1) is 11.3 Å². The maximum Gasteiger partial charge on any atom is 0.111 e. The summed E-state index contributed by atoms with van der Waals surface area (Å²) in [6, 6.07) is 0. The van der Waals surface area contributed by atoms with Crippen molar-refractivity contribution in [2.75, 3.05) is 6.54 Å². The van der Waals surface area contributed by atoms with Gasteiger partial charge in [-0.2, -0.15) is 0 Å². The van der Waals surface area contributed by atoms with Gasteiger partial charge in [-0.25, -0.2) is 0 Å². The SMILES string of the molecule is CC(C)C1(C)C=NCC(O)=C1. The standard InChI is InChI=1S/C9H15NO/c1-7(2)9(3)4-8(11)5-10-6-9/h4,6-7,11H,5H2,1-3H3. The second-order valence-corrected chi connectivity index (χ2v) is 3.63. The topological polar surface area (TPSA) is 32.6 Å². The summed E-state index contributed by atoms with van der Waals surface area (Å²) in [6.07, 6.45) is 3.82. The summed E-state index contributed by atoms with van der Waals surface area (Å²) < 4.78 is 0. The number of rotatable bonds is 1. The lowest BCUT2D eigenvalue weighted by molar-refractivity contribution is 0.354. The van der Waals surface area contributed by atoms with Crippen LogP contribution in [0.4, 0.5) is 0 Å². The molecule has 2 heteroatoms. The molecule has 0 saturated carbocycles. The zero-order valence-electron chi connectivity index (χ0n) is 7.33. The van der Waals surface area contributed by atoms with Crippen LogP contribution in [0.1, 0.15) is 20.8 Å². The Morgan fingerprint density at radius 1 is 1.64 bits per heavy atom. The van der Waals surface area contributed by atoms with E-state index in [0.29, 0.717) is 18.2 Å². The van der Waals surface area contributed by atoms with Gasteiger partial charge in [0.1, 0.15) is 5.76 Å². The van der Waals surface area contributed by atoms with Crippen LogP contribution in [0.5, 0.6) is 0 Å². The van der Waals surface area contributed by atoms with Gasteiger partial charge in [-0.3, -0.25) is 4.99 Å². The first-order valence-corrected chi connectivity index (χ1v) is 3.96. The van der Waals surface area contributed by atoms with Crippen LogP contribution in [0.15, 0.2) is 16.8 Å². The summed E-state index contributed by atoms with van der Waals surface area (Å²) in [7, 11) is 0. The lowest BCUT2D eigenvalue weighted by Crippen LogP contribution is -2.26. The highest BCUT2D eigenvalue weighted by molar-refractivity contribution is 5.70. The van der Waals surface area contributed by atoms with E-state index in [1.54, 1.807) is 0 Å². The Morgan fingerprint density at radius 3 is 2.64 bits per heavy atom. The van der Waals surface area contributed by atoms with Crippen LogP contribution in [-0.4, -0.2) is 17.9 Å². The third-order valence-electron chi connectivity index (χ3n) is 2.34. The van der Waals surface area contributed by atoms with E-state index in [1.807, 2.05) is 12.3 Å². The molecule has 0 spiro atoms. The number of hydrogen-bond acceptors (Lipinski definition) is 2. The molecular formula is C9H15NO. The van der Waals surface area contributed by atoms with Crippen LogP contribution in [0.3, 0.4) is 0 Å². The van der Waals surface area contributed by atoms with Crippen molar-refractivity contribution in [2.45, 2.75) is 20.8 Å². The largest absolute Gasteiger partial charge is 0.511 e. The molecular weight excluding hydrogens is 138 g/mol. The van der Waals surface area contributed by atoms with Gasteiger partial charge in [0, 0.05) is 11.6 Å². The van der Waals surface area contributed by atoms with E-state index in [0.717, 1.165) is 0 Å². The molecule has 1 aliphatic heterocycles. The van der Waals surface area contributed by atoms with Crippen molar-refractivity contribution in [3.05, 3.63) is 11.8 Å². The molecule has 1 unspecified atom stereocenters. The zero-order valence-corrected chi connectivity index (χ0v) is 7.33. The van der Waals surface area contributed by atoms with Gasteiger partial charge in [0.05, 0.1) is 6.54 Å². The molecule has 0 aliphatic carbocycles. The van der Waals surface area contributed by atoms with Crippen molar-refractivity contribution in [2.24, 2.45) is 16.3 Å². The summed E-state index contributed by atoms with van der Waals surface area (Å²) in [5, 5.41) is 9.24. The van der Waals surface area contributed by atoms with Crippen LogP contribution in [0.25, 0.3) is 0 Å². The molecule has 0 amide bonds. The van der Waals surface area contributed by atoms with Crippen molar-refractivity contribution in [3.8, 4) is 0 Å². The summed E-state index contributed by atoms with van der Waals surface area (Å²) in [5.74, 6) is 0.873. The van der Waals surface area contributed by atoms with E-state index in [9.17, 15) is 5.11 Å². The van der Waals surface area contributed by atoms with Crippen molar-refractivity contribution in [1.29, 1.82) is 0 Å². The smallest absolute Gasteiger partial charge is 0.111 e. The van der Waals surface area contributed by atoms with E-state index in [-0.39, 0.29) is 5.41 Å². The summed E-state index contributed by atoms with van der Waals surface area (Å²) in [4.78, 5) is 4.09. The average molecular weight is 153 g/mol. The molecule has 0 radical (unpaired) electrons. The van der Waals surface area contributed by atoms with Gasteiger partial charge in [-0.05, 0) is 12.0 Å². The lowest BCUT2D eigenvalue weighted by atomic mass is 9.79. The summed E-state index contributed by atoms with van der Waals surface area (Å²) >= 11 is 0. The second kappa shape index (κ2) is 2.68. The first-order chi connectivity index (χ1) is 5.04. The number of hydrogen-bond donors (Lipinski definition) is 1. The van der Waals surface area contributed by atoms with E-state index < -0.39 is 0 Å². The van der Waals surface area contributed by atoms with Crippen LogP contribution in [0.2, 0.25) is 0 Å². The Morgan fingerprint density at radius 2 is 2.27 bits per heavy atom. The molecule has 11 heavy (non-hydrogen) atoms. The highest BCUT2D eigenvalue weighted by Gasteiger charge is 2.26. The van der Waals surface area contributed by atoms with Crippen molar-refractivity contribution >= 4 is 6.21 Å². The first kappa shape index (κ1) is 8.31. The number of aliphatic hydroxyl groups is 1. The third kappa shape index (κ3) is 1.62. The maximum absolute atomic E-state index is 9.24. The van der Waals surface area contributed by atoms with Crippen molar-refractivity contribution in [1.82, 2.24) is 0 Å². The highest BCUT2D eigenvalue weighted by atomic mass is 16.3. The van der Waals surface area contributed by atoms with Gasteiger partial charge in [-0.1, -0.05) is 20.8 Å². The van der Waals surface area contributed by atoms with Gasteiger partial charge in [0.25, 0.3) is 0 Å². The molecule has 0 aromatic carbocycles. The third-order valence-corrected chi connectivity index (χ3v) is 2.34. The van der Waals surface area contributed by atoms with Gasteiger partial charge in [-0.15, -0.1) is 0 Å². The van der Waals surface area contributed by atoms with Crippen LogP contribution < -0.4 is 0 Å². The van der Waals surface area contributed by atoms with Gasteiger partial charge in [0.2, 0.25) is 0 Å². The maximum atomic E-state index is 9.24. The van der Waals surface area contributed by atoms with Crippen molar-refractivity contribution in [3.63, 3.8) is 0 Å². The van der Waals surface area contributed by atoms with Crippen LogP contribution in [-0.2, 0) is 0 Å². The fourth-order valence-electron chi connectivity index (χ4n) is 1.09. The second-order valence-electron chi connectivity index (χ2n) is 3.63. The van der Waals surface area contributed by atoms with E-state index in [2.05, 4.69) is 25.8 Å². The Hall–Kier alpha value is -0.790. The van der Waals surface area contributed by atoms with E-state index >= 15 is 0 Å². The van der Waals surface area contributed by atoms with Crippen LogP contribution >= 0.6 is 0 Å². The summed E-state index contributed by atoms with van der Waals surface area (Å²) in [5.41, 5.74) is -0.0532. The Labute approximate surface area is 67.7 Å². The Kier molecular flexibility index (Phi) is 2.03. The Balaban J connectivity index is 2.85. The van der Waals surface area contributed by atoms with E-state index in [1.165, 1.54) is 0 Å². The minimum atomic E-state index is -0.0532. The first-order valence-electron chi connectivity index (χ1n) is 3.96. The van der Waals surface area contributed by atoms with Gasteiger partial charge in [0.15, 0.2) is 0 Å². The molecule has 1 atom stereocenters. The zero-order chi connectivity index (χ0) is 8.48. The number of aliphatic hydroxyl groups excluding tert-OH is 1. The normalized spacial score (nSPS) is 30.7. The predicted octanol–water partition coefficient (Wildman–Crippen LogP) is 2.17. The molecule has 62 valence electrons. The number of dihydropyridines is 1. The molecule has 0 aromatic heterocycles. The monoisotopic (exact) mass is 153 g/mol. The quantitative estimate of drug-likeness (QED) is 0.615. The minimum absolute atomic E-state index is 0.0532. The van der Waals surface area contributed by atoms with E-state index in [4.69, 9.17) is 0 Å². The molecule has 1 aliphatic rings. The minimum Gasteiger partial charge on any atom is -0.511 e. The molecule has 1 rings (SSSR count). The van der Waals surface area contributed by atoms with Gasteiger partial charge < -0.3 is 5.11 Å². The molecule has 1 heterocycles. The molecule has 2 nitrogen and oxygen atoms in total. The lowest BCUT2D eigenvalue weighted by Gasteiger charge is -2.28.